The second-order valence-corrected chi connectivity index (χ2v) is 4.82. The average Bonchev–Trinajstić information content (AvgIpc) is 2.49. The van der Waals surface area contributed by atoms with Gasteiger partial charge in [-0.15, -0.1) is 0 Å². The Hall–Kier alpha value is -2.33. The minimum Gasteiger partial charge on any atom is -0.382 e. The number of hydrogen-bond acceptors (Lipinski definition) is 3. The molecule has 0 saturated heterocycles. The summed E-state index contributed by atoms with van der Waals surface area (Å²) < 4.78 is 5.29. The Labute approximate surface area is 125 Å². The van der Waals surface area contributed by atoms with Crippen LogP contribution in [0.1, 0.15) is 18.5 Å². The fraction of sp³-hybridized carbons (Fsp3) is 0.235. The van der Waals surface area contributed by atoms with Crippen molar-refractivity contribution >= 4 is 17.3 Å². The van der Waals surface area contributed by atoms with E-state index in [2.05, 4.69) is 22.8 Å². The zero-order chi connectivity index (χ0) is 15.1. The molecule has 2 aromatic carbocycles. The third-order valence-electron chi connectivity index (χ3n) is 3.08. The quantitative estimate of drug-likeness (QED) is 0.854. The largest absolute Gasteiger partial charge is 0.382 e. The Morgan fingerprint density at radius 3 is 2.24 bits per heavy atom. The van der Waals surface area contributed by atoms with Crippen molar-refractivity contribution < 1.29 is 9.53 Å². The number of nitrogens with one attached hydrogen (secondary N) is 2. The van der Waals surface area contributed by atoms with Gasteiger partial charge in [-0.1, -0.05) is 30.3 Å². The van der Waals surface area contributed by atoms with Crippen LogP contribution in [0.25, 0.3) is 0 Å². The van der Waals surface area contributed by atoms with Gasteiger partial charge in [-0.2, -0.15) is 0 Å². The van der Waals surface area contributed by atoms with Gasteiger partial charge in [0.1, 0.15) is 0 Å². The smallest absolute Gasteiger partial charge is 0.221 e. The average molecular weight is 284 g/mol. The SMILES string of the molecule is COCC(Nc1ccc(NC(C)=O)cc1)c1ccccc1. The molecule has 0 spiro atoms. The molecule has 0 radical (unpaired) electrons. The highest BCUT2D eigenvalue weighted by atomic mass is 16.5. The molecule has 2 rings (SSSR count). The Morgan fingerprint density at radius 2 is 1.67 bits per heavy atom. The van der Waals surface area contributed by atoms with Crippen LogP contribution in [0.2, 0.25) is 0 Å². The highest BCUT2D eigenvalue weighted by molar-refractivity contribution is 5.88. The molecule has 0 aromatic heterocycles. The van der Waals surface area contributed by atoms with E-state index in [1.807, 2.05) is 42.5 Å². The van der Waals surface area contributed by atoms with Crippen molar-refractivity contribution in [3.63, 3.8) is 0 Å². The van der Waals surface area contributed by atoms with Crippen molar-refractivity contribution in [1.29, 1.82) is 0 Å². The molecule has 1 atom stereocenters. The summed E-state index contributed by atoms with van der Waals surface area (Å²) in [5.74, 6) is -0.0720. The first kappa shape index (κ1) is 15.1. The second kappa shape index (κ2) is 7.45. The van der Waals surface area contributed by atoms with E-state index >= 15 is 0 Å². The van der Waals surface area contributed by atoms with Crippen LogP contribution in [-0.2, 0) is 9.53 Å². The van der Waals surface area contributed by atoms with Gasteiger partial charge in [-0.3, -0.25) is 4.79 Å². The molecule has 1 amide bonds. The number of carbonyl (C=O) groups is 1. The first-order chi connectivity index (χ1) is 10.2. The minimum absolute atomic E-state index is 0.0720. The topological polar surface area (TPSA) is 50.4 Å². The summed E-state index contributed by atoms with van der Waals surface area (Å²) in [5, 5.41) is 6.19. The lowest BCUT2D eigenvalue weighted by Gasteiger charge is -2.20. The van der Waals surface area contributed by atoms with Gasteiger partial charge >= 0.3 is 0 Å². The van der Waals surface area contributed by atoms with Crippen molar-refractivity contribution in [2.75, 3.05) is 24.4 Å². The van der Waals surface area contributed by atoms with Gasteiger partial charge in [0.2, 0.25) is 5.91 Å². The van der Waals surface area contributed by atoms with Gasteiger partial charge in [0.25, 0.3) is 0 Å². The maximum Gasteiger partial charge on any atom is 0.221 e. The zero-order valence-electron chi connectivity index (χ0n) is 12.3. The monoisotopic (exact) mass is 284 g/mol. The third kappa shape index (κ3) is 4.61. The lowest BCUT2D eigenvalue weighted by molar-refractivity contribution is -0.114. The molecule has 4 heteroatoms. The molecule has 0 aliphatic rings. The van der Waals surface area contributed by atoms with E-state index in [4.69, 9.17) is 4.74 Å². The Balaban J connectivity index is 2.08. The number of rotatable bonds is 6. The van der Waals surface area contributed by atoms with E-state index in [9.17, 15) is 4.79 Å². The van der Waals surface area contributed by atoms with E-state index in [1.54, 1.807) is 7.11 Å². The number of ether oxygens (including phenoxy) is 1. The Bertz CT molecular complexity index is 567. The lowest BCUT2D eigenvalue weighted by Crippen LogP contribution is -2.16. The first-order valence-corrected chi connectivity index (χ1v) is 6.87. The van der Waals surface area contributed by atoms with Gasteiger partial charge < -0.3 is 15.4 Å². The second-order valence-electron chi connectivity index (χ2n) is 4.82. The molecule has 0 aliphatic heterocycles. The number of methoxy groups -OCH3 is 1. The molecule has 4 nitrogen and oxygen atoms in total. The molecule has 2 aromatic rings. The maximum absolute atomic E-state index is 11.0. The zero-order valence-corrected chi connectivity index (χ0v) is 12.3. The summed E-state index contributed by atoms with van der Waals surface area (Å²) in [5.41, 5.74) is 2.94. The summed E-state index contributed by atoms with van der Waals surface area (Å²) >= 11 is 0. The highest BCUT2D eigenvalue weighted by Crippen LogP contribution is 2.21. The van der Waals surface area contributed by atoms with Crippen molar-refractivity contribution in [2.45, 2.75) is 13.0 Å². The molecular formula is C17H20N2O2. The van der Waals surface area contributed by atoms with Crippen LogP contribution in [0, 0.1) is 0 Å². The minimum atomic E-state index is -0.0720. The molecule has 21 heavy (non-hydrogen) atoms. The van der Waals surface area contributed by atoms with Gasteiger partial charge in [0.05, 0.1) is 12.6 Å². The van der Waals surface area contributed by atoms with Crippen molar-refractivity contribution in [1.82, 2.24) is 0 Å². The first-order valence-electron chi connectivity index (χ1n) is 6.87. The molecule has 0 fully saturated rings. The van der Waals surface area contributed by atoms with E-state index in [0.717, 1.165) is 11.4 Å². The number of anilines is 2. The summed E-state index contributed by atoms with van der Waals surface area (Å²) in [6.07, 6.45) is 0. The molecule has 0 heterocycles. The van der Waals surface area contributed by atoms with E-state index in [0.29, 0.717) is 6.61 Å². The van der Waals surface area contributed by atoms with Gasteiger partial charge in [0.15, 0.2) is 0 Å². The van der Waals surface area contributed by atoms with Crippen molar-refractivity contribution in [2.24, 2.45) is 0 Å². The lowest BCUT2D eigenvalue weighted by atomic mass is 10.1. The fourth-order valence-electron chi connectivity index (χ4n) is 2.13. The molecule has 0 aliphatic carbocycles. The predicted molar refractivity (Wildman–Crippen MR) is 85.4 cm³/mol. The number of benzene rings is 2. The molecule has 0 saturated carbocycles. The standard InChI is InChI=1S/C17H20N2O2/c1-13(20)18-15-8-10-16(11-9-15)19-17(12-21-2)14-6-4-3-5-7-14/h3-11,17,19H,12H2,1-2H3,(H,18,20). The fourth-order valence-corrected chi connectivity index (χ4v) is 2.13. The maximum atomic E-state index is 11.0. The molecular weight excluding hydrogens is 264 g/mol. The van der Waals surface area contributed by atoms with E-state index in [1.165, 1.54) is 12.5 Å². The van der Waals surface area contributed by atoms with Crippen LogP contribution in [0.5, 0.6) is 0 Å². The predicted octanol–water partition coefficient (Wildman–Crippen LogP) is 3.44. The summed E-state index contributed by atoms with van der Waals surface area (Å²) in [7, 11) is 1.69. The molecule has 2 N–H and O–H groups in total. The van der Waals surface area contributed by atoms with Gasteiger partial charge in [0, 0.05) is 25.4 Å². The van der Waals surface area contributed by atoms with Gasteiger partial charge in [-0.25, -0.2) is 0 Å². The third-order valence-corrected chi connectivity index (χ3v) is 3.08. The molecule has 1 unspecified atom stereocenters. The van der Waals surface area contributed by atoms with Crippen LogP contribution < -0.4 is 10.6 Å². The van der Waals surface area contributed by atoms with Crippen LogP contribution in [0.15, 0.2) is 54.6 Å². The Kier molecular flexibility index (Phi) is 5.35. The van der Waals surface area contributed by atoms with E-state index < -0.39 is 0 Å². The summed E-state index contributed by atoms with van der Waals surface area (Å²) in [4.78, 5) is 11.0. The number of hydrogen-bond donors (Lipinski definition) is 2. The molecule has 0 bridgehead atoms. The normalized spacial score (nSPS) is 11.7. The molecule has 110 valence electrons. The summed E-state index contributed by atoms with van der Waals surface area (Å²) in [6.45, 7) is 2.08. The van der Waals surface area contributed by atoms with Gasteiger partial charge in [-0.05, 0) is 29.8 Å². The van der Waals surface area contributed by atoms with Crippen molar-refractivity contribution in [3.05, 3.63) is 60.2 Å². The van der Waals surface area contributed by atoms with Crippen molar-refractivity contribution in [3.8, 4) is 0 Å². The van der Waals surface area contributed by atoms with E-state index in [-0.39, 0.29) is 11.9 Å². The number of amides is 1. The summed E-state index contributed by atoms with van der Waals surface area (Å²) in [6, 6.07) is 17.9. The van der Waals surface area contributed by atoms with Crippen LogP contribution in [-0.4, -0.2) is 19.6 Å². The van der Waals surface area contributed by atoms with Crippen LogP contribution >= 0.6 is 0 Å². The Morgan fingerprint density at radius 1 is 1.05 bits per heavy atom. The number of carbonyl (C=O) groups excluding carboxylic acids is 1. The van der Waals surface area contributed by atoms with Crippen LogP contribution in [0.3, 0.4) is 0 Å². The highest BCUT2D eigenvalue weighted by Gasteiger charge is 2.10. The van der Waals surface area contributed by atoms with Crippen LogP contribution in [0.4, 0.5) is 11.4 Å².